The Balaban J connectivity index is 1.29. The maximum absolute atomic E-state index is 12.9. The molecule has 2 aliphatic rings. The Hall–Kier alpha value is -1.91. The molecule has 0 aliphatic heterocycles. The minimum atomic E-state index is -3.54. The third-order valence-electron chi connectivity index (χ3n) is 6.46. The molecule has 0 radical (unpaired) electrons. The van der Waals surface area contributed by atoms with Crippen LogP contribution in [0.2, 0.25) is 0 Å². The normalized spacial score (nSPS) is 18.3. The Morgan fingerprint density at radius 1 is 1.09 bits per heavy atom. The smallest absolute Gasteiger partial charge is 0.243 e. The van der Waals surface area contributed by atoms with Crippen molar-refractivity contribution in [2.24, 2.45) is 0 Å². The summed E-state index contributed by atoms with van der Waals surface area (Å²) in [6.45, 7) is 0. The van der Waals surface area contributed by atoms with Crippen LogP contribution in [0.5, 0.6) is 0 Å². The number of aromatic nitrogens is 3. The summed E-state index contributed by atoms with van der Waals surface area (Å²) in [5, 5.41) is 10.6. The number of benzene rings is 1. The van der Waals surface area contributed by atoms with Gasteiger partial charge in [0.2, 0.25) is 21.1 Å². The van der Waals surface area contributed by atoms with E-state index >= 15 is 0 Å². The van der Waals surface area contributed by atoms with Gasteiger partial charge in [-0.3, -0.25) is 9.89 Å². The van der Waals surface area contributed by atoms with Crippen LogP contribution in [0.15, 0.2) is 34.3 Å². The fraction of sp³-hybridized carbons (Fsp3) is 0.591. The topological polar surface area (TPSA) is 108 Å². The summed E-state index contributed by atoms with van der Waals surface area (Å²) in [7, 11) is -1.87. The number of nitrogens with one attached hydrogen (secondary N) is 2. The molecule has 174 valence electrons. The summed E-state index contributed by atoms with van der Waals surface area (Å²) in [6.07, 6.45) is 9.88. The van der Waals surface area contributed by atoms with E-state index in [4.69, 9.17) is 0 Å². The predicted octanol–water partition coefficient (Wildman–Crippen LogP) is 4.15. The molecule has 32 heavy (non-hydrogen) atoms. The van der Waals surface area contributed by atoms with Crippen LogP contribution in [-0.2, 0) is 14.8 Å². The van der Waals surface area contributed by atoms with Gasteiger partial charge in [0.25, 0.3) is 0 Å². The summed E-state index contributed by atoms with van der Waals surface area (Å²) in [5.41, 5.74) is 0.566. The molecule has 2 fully saturated rings. The molecule has 8 nitrogen and oxygen atoms in total. The van der Waals surface area contributed by atoms with Gasteiger partial charge in [0.05, 0.1) is 10.6 Å². The molecule has 2 saturated carbocycles. The van der Waals surface area contributed by atoms with Crippen LogP contribution < -0.4 is 5.32 Å². The first-order valence-corrected chi connectivity index (χ1v) is 13.8. The number of carbonyl (C=O) groups is 1. The number of amides is 1. The summed E-state index contributed by atoms with van der Waals surface area (Å²) in [5.74, 6) is 1.38. The zero-order valence-corrected chi connectivity index (χ0v) is 20.1. The molecular weight excluding hydrogens is 446 g/mol. The van der Waals surface area contributed by atoms with Crippen molar-refractivity contribution in [2.75, 3.05) is 18.1 Å². The standard InChI is InChI=1S/C22H31N5O3S2/c1-27(18-9-3-2-4-10-18)32(29,30)19-13-11-17(12-14-19)23-20(28)15-31-22-24-21(25-26-22)16-7-5-6-8-16/h11-14,16,18H,2-10,15H2,1H3,(H,23,28)(H,24,25,26). The number of hydrogen-bond donors (Lipinski definition) is 2. The number of nitrogens with zero attached hydrogens (tertiary/aromatic N) is 3. The van der Waals surface area contributed by atoms with E-state index in [-0.39, 0.29) is 22.6 Å². The highest BCUT2D eigenvalue weighted by atomic mass is 32.2. The van der Waals surface area contributed by atoms with E-state index in [0.717, 1.165) is 44.3 Å². The van der Waals surface area contributed by atoms with E-state index < -0.39 is 10.0 Å². The average Bonchev–Trinajstić information content (AvgIpc) is 3.50. The molecule has 1 aromatic heterocycles. The van der Waals surface area contributed by atoms with Crippen LogP contribution in [0.1, 0.15) is 69.5 Å². The van der Waals surface area contributed by atoms with E-state index in [1.807, 2.05) is 0 Å². The highest BCUT2D eigenvalue weighted by Crippen LogP contribution is 2.32. The van der Waals surface area contributed by atoms with E-state index in [1.54, 1.807) is 31.3 Å². The van der Waals surface area contributed by atoms with Crippen molar-refractivity contribution < 1.29 is 13.2 Å². The molecule has 10 heteroatoms. The first-order chi connectivity index (χ1) is 15.4. The van der Waals surface area contributed by atoms with Crippen molar-refractivity contribution in [1.29, 1.82) is 0 Å². The van der Waals surface area contributed by atoms with Gasteiger partial charge in [-0.1, -0.05) is 43.9 Å². The van der Waals surface area contributed by atoms with E-state index in [9.17, 15) is 13.2 Å². The summed E-state index contributed by atoms with van der Waals surface area (Å²) >= 11 is 1.29. The third kappa shape index (κ3) is 5.52. The number of aromatic amines is 1. The molecule has 2 aliphatic carbocycles. The molecule has 0 atom stereocenters. The van der Waals surface area contributed by atoms with Gasteiger partial charge in [0, 0.05) is 24.7 Å². The second kappa shape index (κ2) is 10.4. The van der Waals surface area contributed by atoms with Gasteiger partial charge in [-0.2, -0.15) is 4.31 Å². The van der Waals surface area contributed by atoms with Crippen LogP contribution in [0.3, 0.4) is 0 Å². The number of H-pyrrole nitrogens is 1. The van der Waals surface area contributed by atoms with E-state index in [2.05, 4.69) is 20.5 Å². The monoisotopic (exact) mass is 477 g/mol. The van der Waals surface area contributed by atoms with Gasteiger partial charge in [0.1, 0.15) is 5.82 Å². The van der Waals surface area contributed by atoms with Gasteiger partial charge < -0.3 is 5.32 Å². The van der Waals surface area contributed by atoms with Crippen molar-refractivity contribution in [2.45, 2.75) is 79.8 Å². The molecule has 0 unspecified atom stereocenters. The van der Waals surface area contributed by atoms with Crippen LogP contribution >= 0.6 is 11.8 Å². The van der Waals surface area contributed by atoms with Gasteiger partial charge in [-0.15, -0.1) is 5.10 Å². The molecule has 2 N–H and O–H groups in total. The minimum absolute atomic E-state index is 0.0648. The second-order valence-corrected chi connectivity index (χ2v) is 11.6. The molecule has 1 amide bonds. The lowest BCUT2D eigenvalue weighted by Crippen LogP contribution is -2.38. The second-order valence-electron chi connectivity index (χ2n) is 8.66. The van der Waals surface area contributed by atoms with Crippen LogP contribution in [0.4, 0.5) is 5.69 Å². The molecule has 0 bridgehead atoms. The Labute approximate surface area is 194 Å². The number of sulfonamides is 1. The third-order valence-corrected chi connectivity index (χ3v) is 9.23. The zero-order valence-electron chi connectivity index (χ0n) is 18.4. The van der Waals surface area contributed by atoms with Gasteiger partial charge >= 0.3 is 0 Å². The van der Waals surface area contributed by atoms with Crippen LogP contribution in [-0.4, -0.2) is 52.7 Å². The Morgan fingerprint density at radius 2 is 1.75 bits per heavy atom. The Morgan fingerprint density at radius 3 is 2.44 bits per heavy atom. The molecule has 2 aromatic rings. The summed E-state index contributed by atoms with van der Waals surface area (Å²) in [6, 6.07) is 6.45. The van der Waals surface area contributed by atoms with Crippen molar-refractivity contribution in [3.05, 3.63) is 30.1 Å². The SMILES string of the molecule is CN(C1CCCCC1)S(=O)(=O)c1ccc(NC(=O)CSc2n[nH]c(C3CCCC3)n2)cc1. The number of rotatable bonds is 8. The maximum atomic E-state index is 12.9. The van der Waals surface area contributed by atoms with Gasteiger partial charge in [0.15, 0.2) is 0 Å². The fourth-order valence-corrected chi connectivity index (χ4v) is 6.57. The van der Waals surface area contributed by atoms with Crippen molar-refractivity contribution >= 4 is 33.4 Å². The summed E-state index contributed by atoms with van der Waals surface area (Å²) in [4.78, 5) is 17.1. The molecule has 0 saturated heterocycles. The number of anilines is 1. The maximum Gasteiger partial charge on any atom is 0.243 e. The van der Waals surface area contributed by atoms with Crippen molar-refractivity contribution in [1.82, 2.24) is 19.5 Å². The first kappa shape index (κ1) is 23.3. The Kier molecular flexibility index (Phi) is 7.52. The largest absolute Gasteiger partial charge is 0.325 e. The summed E-state index contributed by atoms with van der Waals surface area (Å²) < 4.78 is 27.4. The van der Waals surface area contributed by atoms with E-state index in [1.165, 1.54) is 35.3 Å². The van der Waals surface area contributed by atoms with E-state index in [0.29, 0.717) is 16.8 Å². The lowest BCUT2D eigenvalue weighted by Gasteiger charge is -2.30. The quantitative estimate of drug-likeness (QED) is 0.553. The Bertz CT molecular complexity index is 1010. The lowest BCUT2D eigenvalue weighted by molar-refractivity contribution is -0.113. The zero-order chi connectivity index (χ0) is 22.6. The highest BCUT2D eigenvalue weighted by Gasteiger charge is 2.29. The van der Waals surface area contributed by atoms with Gasteiger partial charge in [-0.05, 0) is 49.9 Å². The lowest BCUT2D eigenvalue weighted by atomic mass is 9.96. The van der Waals surface area contributed by atoms with Crippen LogP contribution in [0, 0.1) is 0 Å². The van der Waals surface area contributed by atoms with Gasteiger partial charge in [-0.25, -0.2) is 13.4 Å². The van der Waals surface area contributed by atoms with Crippen molar-refractivity contribution in [3.63, 3.8) is 0 Å². The number of carbonyl (C=O) groups excluding carboxylic acids is 1. The van der Waals surface area contributed by atoms with Crippen molar-refractivity contribution in [3.8, 4) is 0 Å². The average molecular weight is 478 g/mol. The molecule has 4 rings (SSSR count). The minimum Gasteiger partial charge on any atom is -0.325 e. The first-order valence-electron chi connectivity index (χ1n) is 11.4. The highest BCUT2D eigenvalue weighted by molar-refractivity contribution is 7.99. The number of thioether (sulfide) groups is 1. The number of hydrogen-bond acceptors (Lipinski definition) is 6. The molecule has 0 spiro atoms. The molecule has 1 heterocycles. The fourth-order valence-electron chi connectivity index (χ4n) is 4.55. The molecule has 1 aromatic carbocycles. The molecular formula is C22H31N5O3S2. The van der Waals surface area contributed by atoms with Crippen LogP contribution in [0.25, 0.3) is 0 Å². The predicted molar refractivity (Wildman–Crippen MR) is 125 cm³/mol.